The Hall–Kier alpha value is -3.15. The Kier molecular flexibility index (Phi) is 4.78. The van der Waals surface area contributed by atoms with Crippen LogP contribution in [0.2, 0.25) is 0 Å². The Balaban J connectivity index is 1.38. The lowest BCUT2D eigenvalue weighted by atomic mass is 9.76. The van der Waals surface area contributed by atoms with Crippen molar-refractivity contribution in [2.24, 2.45) is 0 Å². The maximum atomic E-state index is 12.4. The van der Waals surface area contributed by atoms with E-state index < -0.39 is 11.6 Å². The molecule has 5 heteroatoms. The lowest BCUT2D eigenvalue weighted by Gasteiger charge is -2.51. The molecule has 1 unspecified atom stereocenters. The number of hydrogen-bond donors (Lipinski definition) is 2. The smallest absolute Gasteiger partial charge is 0.407 e. The second-order valence-electron chi connectivity index (χ2n) is 9.82. The van der Waals surface area contributed by atoms with Crippen molar-refractivity contribution in [2.45, 2.75) is 38.0 Å². The number of carboxylic acid groups (broad SMARTS) is 1. The van der Waals surface area contributed by atoms with Gasteiger partial charge in [0.2, 0.25) is 0 Å². The Bertz CT molecular complexity index is 1190. The minimum Gasteiger partial charge on any atom is -0.465 e. The molecule has 5 nitrogen and oxygen atoms in total. The first-order valence-corrected chi connectivity index (χ1v) is 11.8. The van der Waals surface area contributed by atoms with Crippen LogP contribution >= 0.6 is 0 Å². The molecular weight excluding hydrogens is 410 g/mol. The van der Waals surface area contributed by atoms with Crippen LogP contribution in [0.4, 0.5) is 4.79 Å². The Labute approximate surface area is 194 Å². The summed E-state index contributed by atoms with van der Waals surface area (Å²) < 4.78 is 0. The SMILES string of the molecule is CC1(C2c3ccccc3-c3ccccc32)CN(Cc2ccc3c(c2)CNC3)CCN1C(=O)O. The van der Waals surface area contributed by atoms with Crippen LogP contribution in [0.1, 0.15) is 40.7 Å². The number of carbonyl (C=O) groups is 1. The molecule has 1 atom stereocenters. The van der Waals surface area contributed by atoms with Gasteiger partial charge in [0.15, 0.2) is 0 Å². The van der Waals surface area contributed by atoms with E-state index in [0.717, 1.165) is 26.2 Å². The number of piperazine rings is 1. The molecule has 1 amide bonds. The number of nitrogens with one attached hydrogen (secondary N) is 1. The topological polar surface area (TPSA) is 55.8 Å². The van der Waals surface area contributed by atoms with Gasteiger partial charge in [-0.25, -0.2) is 4.79 Å². The first-order chi connectivity index (χ1) is 16.0. The minimum absolute atomic E-state index is 0.00743. The Morgan fingerprint density at radius 1 is 0.970 bits per heavy atom. The van der Waals surface area contributed by atoms with Crippen LogP contribution in [0.15, 0.2) is 66.7 Å². The van der Waals surface area contributed by atoms with E-state index in [4.69, 9.17) is 0 Å². The van der Waals surface area contributed by atoms with Crippen LogP contribution < -0.4 is 5.32 Å². The van der Waals surface area contributed by atoms with Gasteiger partial charge >= 0.3 is 6.09 Å². The molecule has 1 fully saturated rings. The van der Waals surface area contributed by atoms with E-state index in [1.54, 1.807) is 4.90 Å². The van der Waals surface area contributed by atoms with Gasteiger partial charge in [0.1, 0.15) is 0 Å². The van der Waals surface area contributed by atoms with Crippen molar-refractivity contribution in [3.8, 4) is 11.1 Å². The summed E-state index contributed by atoms with van der Waals surface area (Å²) in [6.07, 6.45) is -0.831. The zero-order valence-corrected chi connectivity index (χ0v) is 18.9. The molecule has 2 N–H and O–H groups in total. The van der Waals surface area contributed by atoms with Gasteiger partial charge in [0.05, 0.1) is 5.54 Å². The van der Waals surface area contributed by atoms with Crippen molar-refractivity contribution in [2.75, 3.05) is 19.6 Å². The maximum Gasteiger partial charge on any atom is 0.407 e. The van der Waals surface area contributed by atoms with Crippen LogP contribution in [0.5, 0.6) is 0 Å². The first-order valence-electron chi connectivity index (χ1n) is 11.8. The maximum absolute atomic E-state index is 12.4. The molecule has 0 aromatic heterocycles. The van der Waals surface area contributed by atoms with Crippen LogP contribution in [0, 0.1) is 0 Å². The molecular formula is C28H29N3O2. The third-order valence-electron chi connectivity index (χ3n) is 7.79. The monoisotopic (exact) mass is 439 g/mol. The van der Waals surface area contributed by atoms with Crippen LogP contribution in [0.25, 0.3) is 11.1 Å². The highest BCUT2D eigenvalue weighted by Gasteiger charge is 2.50. The van der Waals surface area contributed by atoms with E-state index in [-0.39, 0.29) is 5.92 Å². The summed E-state index contributed by atoms with van der Waals surface area (Å²) in [5, 5.41) is 13.6. The summed E-state index contributed by atoms with van der Waals surface area (Å²) in [5.74, 6) is 0.00743. The van der Waals surface area contributed by atoms with E-state index in [9.17, 15) is 9.90 Å². The molecule has 1 aliphatic carbocycles. The fraction of sp³-hybridized carbons (Fsp3) is 0.321. The van der Waals surface area contributed by atoms with E-state index in [1.165, 1.54) is 38.9 Å². The molecule has 0 saturated carbocycles. The number of rotatable bonds is 3. The van der Waals surface area contributed by atoms with Gasteiger partial charge in [-0.15, -0.1) is 0 Å². The van der Waals surface area contributed by atoms with Gasteiger partial charge < -0.3 is 10.4 Å². The van der Waals surface area contributed by atoms with Gasteiger partial charge in [-0.1, -0.05) is 66.7 Å². The summed E-state index contributed by atoms with van der Waals surface area (Å²) in [7, 11) is 0. The quantitative estimate of drug-likeness (QED) is 0.623. The predicted molar refractivity (Wildman–Crippen MR) is 129 cm³/mol. The predicted octanol–water partition coefficient (Wildman–Crippen LogP) is 4.66. The molecule has 0 spiro atoms. The number of amides is 1. The highest BCUT2D eigenvalue weighted by Crippen LogP contribution is 2.52. The number of fused-ring (bicyclic) bond motifs is 4. The standard InChI is InChI=1S/C28H29N3O2/c1-28(26-24-8-4-2-6-22(24)23-7-3-5-9-25(23)26)18-30(12-13-31(28)27(32)33)17-19-10-11-20-15-29-16-21(20)14-19/h2-11,14,26,29H,12-13,15-18H2,1H3,(H,32,33). The van der Waals surface area contributed by atoms with E-state index in [0.29, 0.717) is 13.1 Å². The summed E-state index contributed by atoms with van der Waals surface area (Å²) in [6, 6.07) is 23.8. The molecule has 33 heavy (non-hydrogen) atoms. The van der Waals surface area contributed by atoms with Crippen LogP contribution in [-0.2, 0) is 19.6 Å². The molecule has 3 aromatic carbocycles. The number of hydrogen-bond acceptors (Lipinski definition) is 3. The number of benzene rings is 3. The molecule has 2 heterocycles. The second kappa shape index (κ2) is 7.72. The average molecular weight is 440 g/mol. The Morgan fingerprint density at radius 2 is 1.64 bits per heavy atom. The molecule has 1 saturated heterocycles. The third-order valence-corrected chi connectivity index (χ3v) is 7.79. The normalized spacial score (nSPS) is 22.2. The average Bonchev–Trinajstić information content (AvgIpc) is 3.41. The Morgan fingerprint density at radius 3 is 2.33 bits per heavy atom. The van der Waals surface area contributed by atoms with Crippen LogP contribution in [-0.4, -0.2) is 46.2 Å². The summed E-state index contributed by atoms with van der Waals surface area (Å²) in [4.78, 5) is 16.6. The lowest BCUT2D eigenvalue weighted by molar-refractivity contribution is 0.00473. The van der Waals surface area contributed by atoms with Crippen molar-refractivity contribution in [1.82, 2.24) is 15.1 Å². The molecule has 3 aliphatic rings. The molecule has 0 radical (unpaired) electrons. The van der Waals surface area contributed by atoms with E-state index >= 15 is 0 Å². The highest BCUT2D eigenvalue weighted by atomic mass is 16.4. The second-order valence-corrected chi connectivity index (χ2v) is 9.82. The lowest BCUT2D eigenvalue weighted by Crippen LogP contribution is -2.64. The molecule has 6 rings (SSSR count). The minimum atomic E-state index is -0.831. The first kappa shape index (κ1) is 20.5. The van der Waals surface area contributed by atoms with Crippen molar-refractivity contribution >= 4 is 6.09 Å². The van der Waals surface area contributed by atoms with Gasteiger partial charge in [-0.3, -0.25) is 9.80 Å². The highest BCUT2D eigenvalue weighted by molar-refractivity contribution is 5.80. The van der Waals surface area contributed by atoms with Crippen molar-refractivity contribution in [3.05, 3.63) is 94.5 Å². The van der Waals surface area contributed by atoms with Gasteiger partial charge in [0, 0.05) is 45.2 Å². The number of nitrogens with zero attached hydrogens (tertiary/aromatic N) is 2. The van der Waals surface area contributed by atoms with Crippen LogP contribution in [0.3, 0.4) is 0 Å². The van der Waals surface area contributed by atoms with Crippen molar-refractivity contribution < 1.29 is 9.90 Å². The van der Waals surface area contributed by atoms with Gasteiger partial charge in [0.25, 0.3) is 0 Å². The largest absolute Gasteiger partial charge is 0.465 e. The zero-order valence-electron chi connectivity index (χ0n) is 18.9. The third kappa shape index (κ3) is 3.26. The summed E-state index contributed by atoms with van der Waals surface area (Å²) >= 11 is 0. The van der Waals surface area contributed by atoms with Crippen molar-refractivity contribution in [3.63, 3.8) is 0 Å². The van der Waals surface area contributed by atoms with E-state index in [2.05, 4.69) is 83.9 Å². The summed E-state index contributed by atoms with van der Waals surface area (Å²) in [6.45, 7) is 6.82. The molecule has 0 bridgehead atoms. The molecule has 168 valence electrons. The fourth-order valence-corrected chi connectivity index (χ4v) is 6.34. The van der Waals surface area contributed by atoms with Gasteiger partial charge in [-0.2, -0.15) is 0 Å². The fourth-order valence-electron chi connectivity index (χ4n) is 6.34. The molecule has 3 aromatic rings. The zero-order chi connectivity index (χ0) is 22.6. The van der Waals surface area contributed by atoms with Gasteiger partial charge in [-0.05, 0) is 45.9 Å². The van der Waals surface area contributed by atoms with Crippen molar-refractivity contribution in [1.29, 1.82) is 0 Å². The summed E-state index contributed by atoms with van der Waals surface area (Å²) in [5.41, 5.74) is 8.44. The van der Waals surface area contributed by atoms with E-state index in [1.807, 2.05) is 0 Å². The molecule has 2 aliphatic heterocycles.